The van der Waals surface area contributed by atoms with Gasteiger partial charge in [0.05, 0.1) is 16.8 Å². The first-order valence-corrected chi connectivity index (χ1v) is 17.6. The molecule has 0 atom stereocenters. The highest BCUT2D eigenvalue weighted by molar-refractivity contribution is 6.10. The predicted octanol–water partition coefficient (Wildman–Crippen LogP) is 13.1. The lowest BCUT2D eigenvalue weighted by Gasteiger charge is -2.36. The highest BCUT2D eigenvalue weighted by Gasteiger charge is 2.53. The Kier molecular flexibility index (Phi) is 5.91. The summed E-state index contributed by atoms with van der Waals surface area (Å²) in [6.07, 6.45) is 0. The SMILES string of the molecule is c1ccc(-c2ccc(N(c3ccccc3C34c5ccccc5-c5cccc(c53)-c3ccccc34)c3cccc4c3oc3ccccc34)cc2)cc1. The van der Waals surface area contributed by atoms with Gasteiger partial charge in [-0.15, -0.1) is 0 Å². The van der Waals surface area contributed by atoms with Gasteiger partial charge in [-0.1, -0.05) is 158 Å². The molecule has 2 nitrogen and oxygen atoms in total. The molecule has 1 heterocycles. The van der Waals surface area contributed by atoms with Gasteiger partial charge >= 0.3 is 0 Å². The van der Waals surface area contributed by atoms with E-state index in [0.717, 1.165) is 39.0 Å². The second-order valence-electron chi connectivity index (χ2n) is 13.6. The molecule has 1 aromatic heterocycles. The summed E-state index contributed by atoms with van der Waals surface area (Å²) in [5.74, 6) is 0. The van der Waals surface area contributed by atoms with Crippen molar-refractivity contribution in [3.8, 4) is 33.4 Å². The molecule has 0 N–H and O–H groups in total. The molecule has 0 saturated carbocycles. The highest BCUT2D eigenvalue weighted by atomic mass is 16.3. The second kappa shape index (κ2) is 10.7. The average molecular weight is 650 g/mol. The Bertz CT molecular complexity index is 2740. The van der Waals surface area contributed by atoms with E-state index in [4.69, 9.17) is 4.42 Å². The van der Waals surface area contributed by atoms with Gasteiger partial charge in [0.25, 0.3) is 0 Å². The van der Waals surface area contributed by atoms with E-state index in [2.05, 4.69) is 187 Å². The van der Waals surface area contributed by atoms with Crippen LogP contribution in [-0.2, 0) is 5.41 Å². The number of fused-ring (bicyclic) bond motifs is 9. The third-order valence-electron chi connectivity index (χ3n) is 11.1. The van der Waals surface area contributed by atoms with Crippen LogP contribution in [-0.4, -0.2) is 0 Å². The summed E-state index contributed by atoms with van der Waals surface area (Å²) in [6, 6.07) is 68.3. The first kappa shape index (κ1) is 28.2. The first-order valence-electron chi connectivity index (χ1n) is 17.6. The zero-order valence-corrected chi connectivity index (χ0v) is 27.8. The Morgan fingerprint density at radius 3 is 1.65 bits per heavy atom. The van der Waals surface area contributed by atoms with Gasteiger partial charge in [-0.25, -0.2) is 0 Å². The van der Waals surface area contributed by atoms with Gasteiger partial charge in [-0.3, -0.25) is 0 Å². The van der Waals surface area contributed by atoms with Crippen LogP contribution in [0.25, 0.3) is 55.3 Å². The number of para-hydroxylation sites is 3. The Morgan fingerprint density at radius 2 is 0.902 bits per heavy atom. The summed E-state index contributed by atoms with van der Waals surface area (Å²) < 4.78 is 6.75. The number of anilines is 3. The van der Waals surface area contributed by atoms with Crippen molar-refractivity contribution < 1.29 is 4.42 Å². The predicted molar refractivity (Wildman–Crippen MR) is 210 cm³/mol. The van der Waals surface area contributed by atoms with Gasteiger partial charge < -0.3 is 9.32 Å². The topological polar surface area (TPSA) is 16.4 Å². The van der Waals surface area contributed by atoms with Crippen LogP contribution in [0.2, 0.25) is 0 Å². The number of benzene rings is 8. The number of hydrogen-bond acceptors (Lipinski definition) is 2. The van der Waals surface area contributed by atoms with Gasteiger partial charge in [0.2, 0.25) is 0 Å². The van der Waals surface area contributed by atoms with Gasteiger partial charge in [0, 0.05) is 16.5 Å². The quantitative estimate of drug-likeness (QED) is 0.184. The van der Waals surface area contributed by atoms with E-state index in [1.807, 2.05) is 6.07 Å². The molecule has 51 heavy (non-hydrogen) atoms. The van der Waals surface area contributed by atoms with Crippen molar-refractivity contribution in [1.82, 2.24) is 0 Å². The summed E-state index contributed by atoms with van der Waals surface area (Å²) >= 11 is 0. The van der Waals surface area contributed by atoms with Crippen LogP contribution in [0.3, 0.4) is 0 Å². The molecule has 238 valence electrons. The molecule has 2 heteroatoms. The number of rotatable bonds is 5. The zero-order valence-electron chi connectivity index (χ0n) is 27.8. The molecule has 0 fully saturated rings. The van der Waals surface area contributed by atoms with Crippen molar-refractivity contribution in [3.63, 3.8) is 0 Å². The lowest BCUT2D eigenvalue weighted by Crippen LogP contribution is -2.28. The monoisotopic (exact) mass is 649 g/mol. The lowest BCUT2D eigenvalue weighted by atomic mass is 9.69. The molecular formula is C49H31NO. The van der Waals surface area contributed by atoms with Crippen molar-refractivity contribution in [2.45, 2.75) is 5.41 Å². The standard InChI is InChI=1S/C49H31NO/c1-2-14-32(15-3-1)33-28-30-34(31-29-33)50(45-26-13-21-40-37-18-6-11-27-46(37)51-48(40)45)44-25-10-9-24-43(44)49-41-22-7-4-16-35(41)38-19-12-20-39(47(38)49)36-17-5-8-23-42(36)49/h1-31H. The van der Waals surface area contributed by atoms with Gasteiger partial charge in [-0.05, 0) is 86.0 Å². The summed E-state index contributed by atoms with van der Waals surface area (Å²) in [5, 5.41) is 2.23. The fourth-order valence-corrected chi connectivity index (χ4v) is 9.07. The van der Waals surface area contributed by atoms with Crippen molar-refractivity contribution in [2.75, 3.05) is 4.90 Å². The molecule has 2 aliphatic carbocycles. The van der Waals surface area contributed by atoms with Crippen LogP contribution in [0.1, 0.15) is 22.3 Å². The summed E-state index contributed by atoms with van der Waals surface area (Å²) in [7, 11) is 0. The first-order chi connectivity index (χ1) is 25.3. The summed E-state index contributed by atoms with van der Waals surface area (Å²) in [5.41, 5.74) is 17.3. The Balaban J connectivity index is 1.23. The third kappa shape index (κ3) is 3.82. The molecular weight excluding hydrogens is 619 g/mol. The van der Waals surface area contributed by atoms with Crippen molar-refractivity contribution in [1.29, 1.82) is 0 Å². The number of nitrogens with zero attached hydrogens (tertiary/aromatic N) is 1. The maximum atomic E-state index is 6.75. The number of hydrogen-bond donors (Lipinski definition) is 0. The molecule has 8 aromatic carbocycles. The van der Waals surface area contributed by atoms with Crippen molar-refractivity contribution >= 4 is 39.0 Å². The van der Waals surface area contributed by atoms with Gasteiger partial charge in [0.1, 0.15) is 5.58 Å². The van der Waals surface area contributed by atoms with E-state index in [1.165, 1.54) is 55.6 Å². The average Bonchev–Trinajstić information content (AvgIpc) is 3.84. The molecule has 0 spiro atoms. The van der Waals surface area contributed by atoms with Crippen LogP contribution >= 0.6 is 0 Å². The Morgan fingerprint density at radius 1 is 0.373 bits per heavy atom. The largest absolute Gasteiger partial charge is 0.454 e. The smallest absolute Gasteiger partial charge is 0.159 e. The zero-order chi connectivity index (χ0) is 33.5. The van der Waals surface area contributed by atoms with Crippen LogP contribution < -0.4 is 4.90 Å². The minimum Gasteiger partial charge on any atom is -0.454 e. The molecule has 0 unspecified atom stereocenters. The maximum absolute atomic E-state index is 6.75. The van der Waals surface area contributed by atoms with E-state index in [-0.39, 0.29) is 0 Å². The van der Waals surface area contributed by atoms with Gasteiger partial charge in [0.15, 0.2) is 5.58 Å². The second-order valence-corrected chi connectivity index (χ2v) is 13.6. The normalized spacial score (nSPS) is 13.3. The molecule has 2 aliphatic rings. The van der Waals surface area contributed by atoms with Crippen LogP contribution in [0.5, 0.6) is 0 Å². The number of furan rings is 1. The van der Waals surface area contributed by atoms with Crippen LogP contribution in [0.15, 0.2) is 192 Å². The molecule has 9 aromatic rings. The van der Waals surface area contributed by atoms with E-state index < -0.39 is 5.41 Å². The van der Waals surface area contributed by atoms with Crippen LogP contribution in [0, 0.1) is 0 Å². The van der Waals surface area contributed by atoms with E-state index in [1.54, 1.807) is 0 Å². The maximum Gasteiger partial charge on any atom is 0.159 e. The molecule has 0 aliphatic heterocycles. The summed E-state index contributed by atoms with van der Waals surface area (Å²) in [4.78, 5) is 2.42. The molecule has 0 saturated heterocycles. The van der Waals surface area contributed by atoms with E-state index in [9.17, 15) is 0 Å². The fraction of sp³-hybridized carbons (Fsp3) is 0.0204. The molecule has 0 amide bonds. The molecule has 0 bridgehead atoms. The van der Waals surface area contributed by atoms with Crippen molar-refractivity contribution in [2.24, 2.45) is 0 Å². The lowest BCUT2D eigenvalue weighted by molar-refractivity contribution is 0.669. The fourth-order valence-electron chi connectivity index (χ4n) is 9.07. The van der Waals surface area contributed by atoms with Gasteiger partial charge in [-0.2, -0.15) is 0 Å². The Hall–Kier alpha value is -6.64. The minimum atomic E-state index is -0.500. The minimum absolute atomic E-state index is 0.500. The highest BCUT2D eigenvalue weighted by Crippen LogP contribution is 2.65. The third-order valence-corrected chi connectivity index (χ3v) is 11.1. The van der Waals surface area contributed by atoms with Crippen LogP contribution in [0.4, 0.5) is 17.1 Å². The van der Waals surface area contributed by atoms with E-state index in [0.29, 0.717) is 0 Å². The Labute approximate surface area is 296 Å². The summed E-state index contributed by atoms with van der Waals surface area (Å²) in [6.45, 7) is 0. The molecule has 0 radical (unpaired) electrons. The van der Waals surface area contributed by atoms with Crippen molar-refractivity contribution in [3.05, 3.63) is 210 Å². The van der Waals surface area contributed by atoms with E-state index >= 15 is 0 Å². The molecule has 11 rings (SSSR count).